The van der Waals surface area contributed by atoms with Gasteiger partial charge in [0.25, 0.3) is 5.91 Å². The summed E-state index contributed by atoms with van der Waals surface area (Å²) in [5, 5.41) is 11.7. The summed E-state index contributed by atoms with van der Waals surface area (Å²) in [4.78, 5) is 16.8. The van der Waals surface area contributed by atoms with Crippen molar-refractivity contribution in [3.63, 3.8) is 0 Å². The minimum Gasteiger partial charge on any atom is -0.387 e. The molecule has 1 aliphatic rings. The zero-order valence-corrected chi connectivity index (χ0v) is 14.3. The first kappa shape index (κ1) is 16.0. The van der Waals surface area contributed by atoms with Gasteiger partial charge in [-0.15, -0.1) is 0 Å². The van der Waals surface area contributed by atoms with E-state index in [4.69, 9.17) is 0 Å². The van der Waals surface area contributed by atoms with Crippen LogP contribution >= 0.6 is 0 Å². The lowest BCUT2D eigenvalue weighted by atomic mass is 10.0. The number of nitrogens with zero attached hydrogens (tertiary/aromatic N) is 3. The average molecular weight is 315 g/mol. The number of likely N-dealkylation sites (tertiary alicyclic amines) is 1. The van der Waals surface area contributed by atoms with Crippen LogP contribution in [0.25, 0.3) is 10.9 Å². The summed E-state index contributed by atoms with van der Waals surface area (Å²) in [6.45, 7) is 3.55. The number of rotatable bonds is 3. The van der Waals surface area contributed by atoms with Crippen molar-refractivity contribution >= 4 is 16.8 Å². The molecule has 1 N–H and O–H groups in total. The number of aromatic nitrogens is 1. The number of benzene rings is 1. The number of aliphatic hydroxyl groups is 1. The Morgan fingerprint density at radius 3 is 2.74 bits per heavy atom. The number of para-hydroxylation sites is 1. The van der Waals surface area contributed by atoms with Crippen molar-refractivity contribution in [2.75, 3.05) is 33.7 Å². The Bertz CT molecular complexity index is 750. The van der Waals surface area contributed by atoms with E-state index in [0.717, 1.165) is 22.2 Å². The van der Waals surface area contributed by atoms with E-state index >= 15 is 0 Å². The minimum absolute atomic E-state index is 0.0222. The summed E-state index contributed by atoms with van der Waals surface area (Å²) in [7, 11) is 5.87. The number of hydrogen-bond donors (Lipinski definition) is 1. The molecule has 1 atom stereocenters. The normalized spacial score (nSPS) is 21.6. The first-order valence-corrected chi connectivity index (χ1v) is 8.03. The molecule has 1 amide bonds. The van der Waals surface area contributed by atoms with Crippen molar-refractivity contribution < 1.29 is 9.90 Å². The van der Waals surface area contributed by atoms with Crippen LogP contribution in [0.2, 0.25) is 0 Å². The Balaban J connectivity index is 1.92. The maximum absolute atomic E-state index is 13.1. The van der Waals surface area contributed by atoms with Gasteiger partial charge in [0.2, 0.25) is 0 Å². The maximum Gasteiger partial charge on any atom is 0.256 e. The topological polar surface area (TPSA) is 48.7 Å². The van der Waals surface area contributed by atoms with Gasteiger partial charge in [0.15, 0.2) is 0 Å². The second kappa shape index (κ2) is 5.65. The van der Waals surface area contributed by atoms with Crippen LogP contribution in [0.1, 0.15) is 22.5 Å². The van der Waals surface area contributed by atoms with Crippen LogP contribution in [0.3, 0.4) is 0 Å². The molecule has 0 spiro atoms. The number of aryl methyl sites for hydroxylation is 1. The highest BCUT2D eigenvalue weighted by molar-refractivity contribution is 6.08. The van der Waals surface area contributed by atoms with Crippen LogP contribution in [-0.4, -0.2) is 64.7 Å². The van der Waals surface area contributed by atoms with Gasteiger partial charge in [0.1, 0.15) is 0 Å². The number of hydrogen-bond acceptors (Lipinski definition) is 3. The molecular weight excluding hydrogens is 290 g/mol. The molecule has 0 saturated carbocycles. The predicted molar refractivity (Wildman–Crippen MR) is 91.7 cm³/mol. The highest BCUT2D eigenvalue weighted by Crippen LogP contribution is 2.29. The Morgan fingerprint density at radius 1 is 1.35 bits per heavy atom. The molecule has 1 aliphatic heterocycles. The third-order valence-electron chi connectivity index (χ3n) is 4.84. The molecule has 5 heteroatoms. The smallest absolute Gasteiger partial charge is 0.256 e. The summed E-state index contributed by atoms with van der Waals surface area (Å²) < 4.78 is 2.06. The van der Waals surface area contributed by atoms with E-state index in [1.807, 2.05) is 57.2 Å². The van der Waals surface area contributed by atoms with Crippen LogP contribution in [0.4, 0.5) is 0 Å². The predicted octanol–water partition coefficient (Wildman–Crippen LogP) is 1.63. The minimum atomic E-state index is -0.808. The summed E-state index contributed by atoms with van der Waals surface area (Å²) in [6.07, 6.45) is 0.626. The van der Waals surface area contributed by atoms with Crippen molar-refractivity contribution in [2.45, 2.75) is 18.9 Å². The highest BCUT2D eigenvalue weighted by Gasteiger charge is 2.39. The third-order valence-corrected chi connectivity index (χ3v) is 4.84. The van der Waals surface area contributed by atoms with Gasteiger partial charge in [-0.1, -0.05) is 18.2 Å². The quantitative estimate of drug-likeness (QED) is 0.936. The molecule has 5 nitrogen and oxygen atoms in total. The SMILES string of the molecule is Cc1c(C(=O)N2CCC(O)(CN(C)C)C2)c2ccccc2n1C. The molecule has 2 aromatic rings. The lowest BCUT2D eigenvalue weighted by Gasteiger charge is -2.26. The van der Waals surface area contributed by atoms with Crippen LogP contribution in [0.15, 0.2) is 24.3 Å². The van der Waals surface area contributed by atoms with Gasteiger partial charge in [0, 0.05) is 36.7 Å². The number of likely N-dealkylation sites (N-methyl/N-ethyl adjacent to an activating group) is 1. The van der Waals surface area contributed by atoms with Crippen LogP contribution in [0.5, 0.6) is 0 Å². The van der Waals surface area contributed by atoms with Crippen molar-refractivity contribution in [3.05, 3.63) is 35.5 Å². The van der Waals surface area contributed by atoms with Gasteiger partial charge >= 0.3 is 0 Å². The highest BCUT2D eigenvalue weighted by atomic mass is 16.3. The van der Waals surface area contributed by atoms with Crippen molar-refractivity contribution in [1.29, 1.82) is 0 Å². The number of β-amino-alcohol motifs (C(OH)–C–C–N with tert-alkyl or cyclic N) is 1. The fraction of sp³-hybridized carbons (Fsp3) is 0.500. The molecular formula is C18H25N3O2. The van der Waals surface area contributed by atoms with E-state index in [1.165, 1.54) is 0 Å². The molecule has 1 saturated heterocycles. The fourth-order valence-corrected chi connectivity index (χ4v) is 3.70. The number of fused-ring (bicyclic) bond motifs is 1. The maximum atomic E-state index is 13.1. The van der Waals surface area contributed by atoms with Crippen molar-refractivity contribution in [1.82, 2.24) is 14.4 Å². The molecule has 23 heavy (non-hydrogen) atoms. The molecule has 0 radical (unpaired) electrons. The molecule has 1 aromatic carbocycles. The van der Waals surface area contributed by atoms with E-state index in [9.17, 15) is 9.90 Å². The Hall–Kier alpha value is -1.85. The van der Waals surface area contributed by atoms with Crippen LogP contribution in [0, 0.1) is 6.92 Å². The molecule has 1 fully saturated rings. The first-order valence-electron chi connectivity index (χ1n) is 8.03. The fourth-order valence-electron chi connectivity index (χ4n) is 3.70. The summed E-state index contributed by atoms with van der Waals surface area (Å²) >= 11 is 0. The largest absolute Gasteiger partial charge is 0.387 e. The van der Waals surface area contributed by atoms with Crippen molar-refractivity contribution in [3.8, 4) is 0 Å². The number of carbonyl (C=O) groups excluding carboxylic acids is 1. The lowest BCUT2D eigenvalue weighted by Crippen LogP contribution is -2.43. The van der Waals surface area contributed by atoms with Crippen LogP contribution < -0.4 is 0 Å². The van der Waals surface area contributed by atoms with Gasteiger partial charge in [-0.25, -0.2) is 0 Å². The molecule has 1 aromatic heterocycles. The average Bonchev–Trinajstić information content (AvgIpc) is 2.98. The summed E-state index contributed by atoms with van der Waals surface area (Å²) in [5.74, 6) is 0.0222. The van der Waals surface area contributed by atoms with Gasteiger partial charge in [-0.05, 0) is 33.5 Å². The zero-order valence-electron chi connectivity index (χ0n) is 14.3. The lowest BCUT2D eigenvalue weighted by molar-refractivity contribution is 0.0236. The van der Waals surface area contributed by atoms with Gasteiger partial charge in [0.05, 0.1) is 17.7 Å². The third kappa shape index (κ3) is 2.75. The van der Waals surface area contributed by atoms with Gasteiger partial charge < -0.3 is 19.5 Å². The second-order valence-electron chi connectivity index (χ2n) is 6.98. The van der Waals surface area contributed by atoms with E-state index in [-0.39, 0.29) is 5.91 Å². The summed E-state index contributed by atoms with van der Waals surface area (Å²) in [6, 6.07) is 7.98. The summed E-state index contributed by atoms with van der Waals surface area (Å²) in [5.41, 5.74) is 1.99. The van der Waals surface area contributed by atoms with E-state index in [1.54, 1.807) is 4.90 Å². The Kier molecular flexibility index (Phi) is 3.94. The van der Waals surface area contributed by atoms with E-state index in [0.29, 0.717) is 26.1 Å². The van der Waals surface area contributed by atoms with Gasteiger partial charge in [-0.2, -0.15) is 0 Å². The molecule has 124 valence electrons. The zero-order chi connectivity index (χ0) is 16.8. The van der Waals surface area contributed by atoms with E-state index in [2.05, 4.69) is 4.57 Å². The molecule has 3 rings (SSSR count). The number of carbonyl (C=O) groups is 1. The monoisotopic (exact) mass is 315 g/mol. The van der Waals surface area contributed by atoms with E-state index < -0.39 is 5.60 Å². The van der Waals surface area contributed by atoms with Crippen LogP contribution in [-0.2, 0) is 7.05 Å². The molecule has 0 aliphatic carbocycles. The van der Waals surface area contributed by atoms with Crippen molar-refractivity contribution in [2.24, 2.45) is 7.05 Å². The Morgan fingerprint density at radius 2 is 2.04 bits per heavy atom. The molecule has 2 heterocycles. The first-order chi connectivity index (χ1) is 10.8. The Labute approximate surface area is 137 Å². The second-order valence-corrected chi connectivity index (χ2v) is 6.98. The molecule has 1 unspecified atom stereocenters. The standard InChI is InChI=1S/C18H25N3O2/c1-13-16(14-7-5-6-8-15(14)20(13)4)17(22)21-10-9-18(23,12-21)11-19(2)3/h5-8,23H,9-12H2,1-4H3. The number of amides is 1. The van der Waals surface area contributed by atoms with Gasteiger partial charge in [-0.3, -0.25) is 4.79 Å². The molecule has 0 bridgehead atoms.